The highest BCUT2D eigenvalue weighted by atomic mass is 79.9. The molecule has 0 spiro atoms. The van der Waals surface area contributed by atoms with Crippen molar-refractivity contribution in [3.05, 3.63) is 51.7 Å². The average molecular weight is 524 g/mol. The molecule has 0 radical (unpaired) electrons. The molecular formula is C16H13BrF3N5O3S2. The van der Waals surface area contributed by atoms with Crippen molar-refractivity contribution in [2.45, 2.75) is 24.5 Å². The SMILES string of the molecule is Cc1c(Br)c(C(F)(F)F)nn1CC(=O)Nc1ccc(S(=O)(=O)Nc2nccs2)cc1. The minimum Gasteiger partial charge on any atom is -0.324 e. The quantitative estimate of drug-likeness (QED) is 0.510. The summed E-state index contributed by atoms with van der Waals surface area (Å²) in [6, 6.07) is 5.29. The number of halogens is 4. The van der Waals surface area contributed by atoms with Gasteiger partial charge in [0.1, 0.15) is 6.54 Å². The first-order chi connectivity index (χ1) is 14.0. The van der Waals surface area contributed by atoms with Gasteiger partial charge in [0.2, 0.25) is 5.91 Å². The number of benzene rings is 1. The third kappa shape index (κ3) is 4.99. The highest BCUT2D eigenvalue weighted by Gasteiger charge is 2.38. The van der Waals surface area contributed by atoms with E-state index in [1.165, 1.54) is 37.4 Å². The number of hydrogen-bond donors (Lipinski definition) is 2. The predicted octanol–water partition coefficient (Wildman–Crippen LogP) is 3.87. The second kappa shape index (κ2) is 8.35. The summed E-state index contributed by atoms with van der Waals surface area (Å²) in [6.45, 7) is 0.945. The highest BCUT2D eigenvalue weighted by Crippen LogP contribution is 2.35. The fourth-order valence-electron chi connectivity index (χ4n) is 2.36. The number of sulfonamides is 1. The molecule has 3 rings (SSSR count). The van der Waals surface area contributed by atoms with Gasteiger partial charge in [0.05, 0.1) is 15.1 Å². The first-order valence-electron chi connectivity index (χ1n) is 8.09. The van der Waals surface area contributed by atoms with Gasteiger partial charge in [-0.15, -0.1) is 11.3 Å². The van der Waals surface area contributed by atoms with Crippen LogP contribution in [0, 0.1) is 6.92 Å². The Morgan fingerprint density at radius 2 is 1.93 bits per heavy atom. The van der Waals surface area contributed by atoms with E-state index in [0.29, 0.717) is 0 Å². The van der Waals surface area contributed by atoms with E-state index in [-0.39, 0.29) is 25.9 Å². The highest BCUT2D eigenvalue weighted by molar-refractivity contribution is 9.10. The zero-order chi connectivity index (χ0) is 22.1. The van der Waals surface area contributed by atoms with Gasteiger partial charge < -0.3 is 5.32 Å². The van der Waals surface area contributed by atoms with Crippen LogP contribution in [0.3, 0.4) is 0 Å². The number of anilines is 2. The molecule has 0 fully saturated rings. The van der Waals surface area contributed by atoms with Crippen molar-refractivity contribution >= 4 is 54.0 Å². The molecule has 0 unspecified atom stereocenters. The molecule has 0 atom stereocenters. The number of hydrogen-bond acceptors (Lipinski definition) is 6. The molecule has 0 saturated carbocycles. The van der Waals surface area contributed by atoms with Crippen molar-refractivity contribution < 1.29 is 26.4 Å². The van der Waals surface area contributed by atoms with Gasteiger partial charge in [0.15, 0.2) is 10.8 Å². The minimum absolute atomic E-state index is 0.0441. The molecule has 0 aliphatic rings. The van der Waals surface area contributed by atoms with Gasteiger partial charge >= 0.3 is 6.18 Å². The number of rotatable bonds is 6. The molecule has 2 heterocycles. The second-order valence-electron chi connectivity index (χ2n) is 5.92. The van der Waals surface area contributed by atoms with Gasteiger partial charge in [-0.05, 0) is 47.1 Å². The van der Waals surface area contributed by atoms with Crippen molar-refractivity contribution in [1.82, 2.24) is 14.8 Å². The minimum atomic E-state index is -4.65. The normalized spacial score (nSPS) is 12.0. The van der Waals surface area contributed by atoms with Crippen molar-refractivity contribution in [2.75, 3.05) is 10.0 Å². The zero-order valence-electron chi connectivity index (χ0n) is 15.1. The number of aromatic nitrogens is 3. The van der Waals surface area contributed by atoms with E-state index in [9.17, 15) is 26.4 Å². The van der Waals surface area contributed by atoms with Gasteiger partial charge in [-0.2, -0.15) is 18.3 Å². The summed E-state index contributed by atoms with van der Waals surface area (Å²) < 4.78 is 66.3. The summed E-state index contributed by atoms with van der Waals surface area (Å²) in [7, 11) is -3.84. The van der Waals surface area contributed by atoms with E-state index < -0.39 is 34.3 Å². The first-order valence-corrected chi connectivity index (χ1v) is 11.3. The van der Waals surface area contributed by atoms with Gasteiger partial charge in [-0.1, -0.05) is 0 Å². The van der Waals surface area contributed by atoms with E-state index in [1.54, 1.807) is 5.38 Å². The molecule has 0 saturated heterocycles. The molecule has 8 nitrogen and oxygen atoms in total. The molecule has 1 amide bonds. The fraction of sp³-hybridized carbons (Fsp3) is 0.188. The topological polar surface area (TPSA) is 106 Å². The Kier molecular flexibility index (Phi) is 6.19. The Hall–Kier alpha value is -2.45. The summed E-state index contributed by atoms with van der Waals surface area (Å²) in [5.41, 5.74) is -0.699. The lowest BCUT2D eigenvalue weighted by Crippen LogP contribution is -2.21. The van der Waals surface area contributed by atoms with Crippen LogP contribution < -0.4 is 10.0 Å². The third-order valence-corrected chi connectivity index (χ3v) is 6.92. The van der Waals surface area contributed by atoms with Gasteiger partial charge in [-0.25, -0.2) is 13.4 Å². The Balaban J connectivity index is 1.68. The van der Waals surface area contributed by atoms with Crippen molar-refractivity contribution in [1.29, 1.82) is 0 Å². The Morgan fingerprint density at radius 1 is 1.27 bits per heavy atom. The summed E-state index contributed by atoms with van der Waals surface area (Å²) in [4.78, 5) is 16.0. The predicted molar refractivity (Wildman–Crippen MR) is 108 cm³/mol. The summed E-state index contributed by atoms with van der Waals surface area (Å²) in [5, 5.41) is 7.76. The lowest BCUT2D eigenvalue weighted by atomic mass is 10.3. The molecule has 14 heteroatoms. The maximum absolute atomic E-state index is 12.9. The number of thiazole rings is 1. The van der Waals surface area contributed by atoms with Crippen molar-refractivity contribution in [3.8, 4) is 0 Å². The largest absolute Gasteiger partial charge is 0.436 e. The first kappa shape index (κ1) is 22.2. The maximum atomic E-state index is 12.9. The van der Waals surface area contributed by atoms with E-state index in [2.05, 4.69) is 36.1 Å². The van der Waals surface area contributed by atoms with Crippen LogP contribution in [0.25, 0.3) is 0 Å². The molecule has 0 aliphatic heterocycles. The number of nitrogens with zero attached hydrogens (tertiary/aromatic N) is 3. The van der Waals surface area contributed by atoms with E-state index >= 15 is 0 Å². The molecule has 3 aromatic rings. The van der Waals surface area contributed by atoms with Crippen LogP contribution in [-0.2, 0) is 27.5 Å². The van der Waals surface area contributed by atoms with Crippen molar-refractivity contribution in [2.24, 2.45) is 0 Å². The molecule has 160 valence electrons. The number of carbonyl (C=O) groups is 1. The van der Waals surface area contributed by atoms with Crippen LogP contribution in [0.4, 0.5) is 24.0 Å². The van der Waals surface area contributed by atoms with E-state index in [0.717, 1.165) is 16.0 Å². The van der Waals surface area contributed by atoms with Crippen LogP contribution in [-0.4, -0.2) is 29.1 Å². The zero-order valence-corrected chi connectivity index (χ0v) is 18.3. The monoisotopic (exact) mass is 523 g/mol. The summed E-state index contributed by atoms with van der Waals surface area (Å²) >= 11 is 3.96. The smallest absolute Gasteiger partial charge is 0.324 e. The molecule has 0 bridgehead atoms. The molecule has 2 N–H and O–H groups in total. The van der Waals surface area contributed by atoms with Gasteiger partial charge in [0, 0.05) is 17.3 Å². The lowest BCUT2D eigenvalue weighted by molar-refractivity contribution is -0.142. The molecule has 0 aliphatic carbocycles. The number of alkyl halides is 3. The van der Waals surface area contributed by atoms with Crippen LogP contribution in [0.1, 0.15) is 11.4 Å². The van der Waals surface area contributed by atoms with E-state index in [1.807, 2.05) is 0 Å². The Bertz CT molecular complexity index is 1160. The molecule has 2 aromatic heterocycles. The van der Waals surface area contributed by atoms with Crippen LogP contribution >= 0.6 is 27.3 Å². The number of nitrogens with one attached hydrogen (secondary N) is 2. The average Bonchev–Trinajstić information content (AvgIpc) is 3.25. The van der Waals surface area contributed by atoms with Gasteiger partial charge in [-0.3, -0.25) is 14.2 Å². The second-order valence-corrected chi connectivity index (χ2v) is 9.29. The third-order valence-electron chi connectivity index (χ3n) is 3.80. The van der Waals surface area contributed by atoms with E-state index in [4.69, 9.17) is 0 Å². The van der Waals surface area contributed by atoms with Crippen molar-refractivity contribution in [3.63, 3.8) is 0 Å². The summed E-state index contributed by atoms with van der Waals surface area (Å²) in [5.74, 6) is -0.627. The fourth-order valence-corrected chi connectivity index (χ4v) is 4.66. The number of amides is 1. The molecule has 30 heavy (non-hydrogen) atoms. The van der Waals surface area contributed by atoms with Crippen LogP contribution in [0.5, 0.6) is 0 Å². The van der Waals surface area contributed by atoms with Crippen LogP contribution in [0.2, 0.25) is 0 Å². The standard InChI is InChI=1S/C16H13BrF3N5O3S2/c1-9-13(17)14(16(18,19)20)23-25(9)8-12(26)22-10-2-4-11(5-3-10)30(27,28)24-15-21-6-7-29-15/h2-7H,8H2,1H3,(H,21,24)(H,22,26). The Morgan fingerprint density at radius 3 is 2.47 bits per heavy atom. The number of carbonyl (C=O) groups excluding carboxylic acids is 1. The lowest BCUT2D eigenvalue weighted by Gasteiger charge is -2.09. The summed E-state index contributed by atoms with van der Waals surface area (Å²) in [6.07, 6.45) is -3.20. The van der Waals surface area contributed by atoms with Gasteiger partial charge in [0.25, 0.3) is 10.0 Å². The van der Waals surface area contributed by atoms with Crippen LogP contribution in [0.15, 0.2) is 45.2 Å². The maximum Gasteiger partial charge on any atom is 0.436 e. The Labute approximate surface area is 181 Å². The molecule has 1 aromatic carbocycles. The molecular weight excluding hydrogens is 511 g/mol.